The highest BCUT2D eigenvalue weighted by Gasteiger charge is 2.24. The number of ether oxygens (including phenoxy) is 1. The Labute approximate surface area is 194 Å². The summed E-state index contributed by atoms with van der Waals surface area (Å²) in [5.41, 5.74) is 2.25. The van der Waals surface area contributed by atoms with Gasteiger partial charge in [0, 0.05) is 36.1 Å². The Morgan fingerprint density at radius 1 is 1.21 bits per heavy atom. The molecule has 1 N–H and O–H groups in total. The van der Waals surface area contributed by atoms with Crippen LogP contribution in [0.5, 0.6) is 5.75 Å². The first-order chi connectivity index (χ1) is 15.4. The van der Waals surface area contributed by atoms with Crippen molar-refractivity contribution in [2.24, 2.45) is 0 Å². The van der Waals surface area contributed by atoms with Crippen molar-refractivity contribution in [2.45, 2.75) is 45.6 Å². The molecule has 0 spiro atoms. The van der Waals surface area contributed by atoms with E-state index in [0.29, 0.717) is 17.3 Å². The van der Waals surface area contributed by atoms with Gasteiger partial charge in [0.1, 0.15) is 30.5 Å². The molecule has 1 aliphatic rings. The topological polar surface area (TPSA) is 124 Å². The number of pyridine rings is 1. The summed E-state index contributed by atoms with van der Waals surface area (Å²) < 4.78 is 32.4. The fourth-order valence-electron chi connectivity index (χ4n) is 3.56. The second kappa shape index (κ2) is 10.0. The molecule has 1 aliphatic carbocycles. The van der Waals surface area contributed by atoms with Crippen LogP contribution < -0.4 is 15.0 Å². The highest BCUT2D eigenvalue weighted by atomic mass is 32.2. The Morgan fingerprint density at radius 3 is 2.67 bits per heavy atom. The molecule has 0 aromatic carbocycles. The van der Waals surface area contributed by atoms with Crippen molar-refractivity contribution in [1.29, 1.82) is 0 Å². The summed E-state index contributed by atoms with van der Waals surface area (Å²) in [6.45, 7) is 5.99. The van der Waals surface area contributed by atoms with E-state index in [-0.39, 0.29) is 31.2 Å². The number of hydrogen-bond acceptors (Lipinski definition) is 9. The second-order valence-electron chi connectivity index (χ2n) is 9.06. The fourth-order valence-corrected chi connectivity index (χ4v) is 3.93. The third-order valence-electron chi connectivity index (χ3n) is 4.78. The van der Waals surface area contributed by atoms with Gasteiger partial charge in [0.05, 0.1) is 12.8 Å². The van der Waals surface area contributed by atoms with Crippen molar-refractivity contribution in [3.63, 3.8) is 0 Å². The third kappa shape index (κ3) is 7.36. The first kappa shape index (κ1) is 24.8. The largest absolute Gasteiger partial charge is 0.491 e. The number of hydrogen-bond donors (Lipinski definition) is 1. The maximum absolute atomic E-state index is 12.5. The maximum Gasteiger partial charge on any atom is 0.264 e. The monoisotopic (exact) mass is 477 g/mol. The molecule has 2 aromatic heterocycles. The zero-order chi connectivity index (χ0) is 24.2. The van der Waals surface area contributed by atoms with Crippen LogP contribution in [-0.4, -0.2) is 67.9 Å². The van der Waals surface area contributed by atoms with Crippen molar-refractivity contribution >= 4 is 21.8 Å². The van der Waals surface area contributed by atoms with Gasteiger partial charge in [0.2, 0.25) is 5.91 Å². The average molecular weight is 478 g/mol. The van der Waals surface area contributed by atoms with Crippen LogP contribution in [0.4, 0.5) is 5.82 Å². The number of rotatable bonds is 9. The Morgan fingerprint density at radius 2 is 1.97 bits per heavy atom. The zero-order valence-corrected chi connectivity index (χ0v) is 20.5. The number of carbonyl (C=O) groups excluding carboxylic acids is 1. The van der Waals surface area contributed by atoms with Crippen LogP contribution in [0, 0.1) is 0 Å². The van der Waals surface area contributed by atoms with Crippen molar-refractivity contribution < 1.29 is 22.1 Å². The van der Waals surface area contributed by atoms with Gasteiger partial charge in [-0.25, -0.2) is 9.97 Å². The van der Waals surface area contributed by atoms with Crippen LogP contribution in [0.15, 0.2) is 18.3 Å². The van der Waals surface area contributed by atoms with Crippen LogP contribution in [0.1, 0.15) is 38.4 Å². The minimum atomic E-state index is -3.51. The quantitative estimate of drug-likeness (QED) is 0.425. The summed E-state index contributed by atoms with van der Waals surface area (Å²) >= 11 is 0. The number of anilines is 1. The Bertz CT molecular complexity index is 1110. The van der Waals surface area contributed by atoms with Gasteiger partial charge in [-0.1, -0.05) is 0 Å². The minimum Gasteiger partial charge on any atom is -0.491 e. The van der Waals surface area contributed by atoms with Crippen molar-refractivity contribution in [1.82, 2.24) is 20.3 Å². The molecule has 3 rings (SSSR count). The summed E-state index contributed by atoms with van der Waals surface area (Å²) in [7, 11) is -1.66. The normalized spacial score (nSPS) is 13.5. The lowest BCUT2D eigenvalue weighted by atomic mass is 10.1. The molecule has 11 heteroatoms. The molecule has 10 nitrogen and oxygen atoms in total. The third-order valence-corrected chi connectivity index (χ3v) is 5.37. The number of carbonyl (C=O) groups is 1. The van der Waals surface area contributed by atoms with E-state index in [2.05, 4.69) is 14.5 Å². The standard InChI is InChI=1S/C22H31N5O5S/c1-22(2,3)26-19(28)14-27(4)21-16-7-6-8-17(16)24-20(25-21)18-13-15(9-10-23-18)31-11-12-32-33(5,29)30/h9-10,13H,6-8,11-12,14H2,1-5H3,(H,26,28). The molecule has 2 heterocycles. The molecule has 0 bridgehead atoms. The van der Waals surface area contributed by atoms with Gasteiger partial charge in [-0.05, 0) is 46.1 Å². The van der Waals surface area contributed by atoms with E-state index >= 15 is 0 Å². The summed E-state index contributed by atoms with van der Waals surface area (Å²) in [5.74, 6) is 1.60. The number of aromatic nitrogens is 3. The van der Waals surface area contributed by atoms with E-state index in [1.165, 1.54) is 0 Å². The molecule has 1 amide bonds. The number of amides is 1. The van der Waals surface area contributed by atoms with Gasteiger partial charge >= 0.3 is 0 Å². The van der Waals surface area contributed by atoms with Crippen LogP contribution in [0.3, 0.4) is 0 Å². The van der Waals surface area contributed by atoms with E-state index in [9.17, 15) is 13.2 Å². The van der Waals surface area contributed by atoms with Gasteiger partial charge in [-0.15, -0.1) is 0 Å². The lowest BCUT2D eigenvalue weighted by Gasteiger charge is -2.25. The van der Waals surface area contributed by atoms with Gasteiger partial charge in [0.25, 0.3) is 10.1 Å². The van der Waals surface area contributed by atoms with Crippen molar-refractivity contribution in [3.8, 4) is 17.3 Å². The molecular formula is C22H31N5O5S. The molecule has 0 unspecified atom stereocenters. The number of fused-ring (bicyclic) bond motifs is 1. The lowest BCUT2D eigenvalue weighted by molar-refractivity contribution is -0.121. The van der Waals surface area contributed by atoms with Crippen LogP contribution >= 0.6 is 0 Å². The Kier molecular flexibility index (Phi) is 7.53. The lowest BCUT2D eigenvalue weighted by Crippen LogP contribution is -2.45. The maximum atomic E-state index is 12.5. The van der Waals surface area contributed by atoms with Crippen molar-refractivity contribution in [3.05, 3.63) is 29.6 Å². The van der Waals surface area contributed by atoms with Crippen LogP contribution in [-0.2, 0) is 31.9 Å². The Hall–Kier alpha value is -2.79. The number of aryl methyl sites for hydroxylation is 1. The predicted molar refractivity (Wildman–Crippen MR) is 125 cm³/mol. The molecule has 0 radical (unpaired) electrons. The van der Waals surface area contributed by atoms with Crippen LogP contribution in [0.2, 0.25) is 0 Å². The predicted octanol–water partition coefficient (Wildman–Crippen LogP) is 1.73. The smallest absolute Gasteiger partial charge is 0.264 e. The van der Waals surface area contributed by atoms with Gasteiger partial charge < -0.3 is 15.0 Å². The van der Waals surface area contributed by atoms with Gasteiger partial charge in [0.15, 0.2) is 5.82 Å². The molecule has 0 atom stereocenters. The van der Waals surface area contributed by atoms with Gasteiger partial charge in [-0.2, -0.15) is 8.42 Å². The first-order valence-corrected chi connectivity index (χ1v) is 12.6. The highest BCUT2D eigenvalue weighted by Crippen LogP contribution is 2.31. The number of nitrogens with zero attached hydrogens (tertiary/aromatic N) is 4. The SMILES string of the molecule is CN(CC(=O)NC(C)(C)C)c1nc(-c2cc(OCCOS(C)(=O)=O)ccn2)nc2c1CCC2. The molecule has 0 saturated carbocycles. The molecule has 0 fully saturated rings. The summed E-state index contributed by atoms with van der Waals surface area (Å²) in [6.07, 6.45) is 5.27. The van der Waals surface area contributed by atoms with E-state index in [1.54, 1.807) is 18.3 Å². The van der Waals surface area contributed by atoms with Crippen LogP contribution in [0.25, 0.3) is 11.5 Å². The van der Waals surface area contributed by atoms with Crippen molar-refractivity contribution in [2.75, 3.05) is 38.0 Å². The number of nitrogens with one attached hydrogen (secondary N) is 1. The van der Waals surface area contributed by atoms with E-state index in [4.69, 9.17) is 14.7 Å². The molecule has 2 aromatic rings. The summed E-state index contributed by atoms with van der Waals surface area (Å²) in [4.78, 5) is 28.1. The second-order valence-corrected chi connectivity index (χ2v) is 10.7. The number of likely N-dealkylation sites (N-methyl/N-ethyl adjacent to an activating group) is 1. The highest BCUT2D eigenvalue weighted by molar-refractivity contribution is 7.85. The molecule has 33 heavy (non-hydrogen) atoms. The first-order valence-electron chi connectivity index (χ1n) is 10.8. The Balaban J connectivity index is 1.80. The average Bonchev–Trinajstić information content (AvgIpc) is 3.17. The zero-order valence-electron chi connectivity index (χ0n) is 19.7. The molecular weight excluding hydrogens is 446 g/mol. The van der Waals surface area contributed by atoms with E-state index in [1.807, 2.05) is 32.7 Å². The van der Waals surface area contributed by atoms with Gasteiger partial charge in [-0.3, -0.25) is 14.0 Å². The molecule has 180 valence electrons. The molecule has 0 aliphatic heterocycles. The molecule has 0 saturated heterocycles. The van der Waals surface area contributed by atoms with E-state index in [0.717, 1.165) is 42.6 Å². The van der Waals surface area contributed by atoms with E-state index < -0.39 is 10.1 Å². The summed E-state index contributed by atoms with van der Waals surface area (Å²) in [6, 6.07) is 3.37. The summed E-state index contributed by atoms with van der Waals surface area (Å²) in [5, 5.41) is 2.97. The fraction of sp³-hybridized carbons (Fsp3) is 0.545. The minimum absolute atomic E-state index is 0.0679.